The monoisotopic (exact) mass is 296 g/mol. The van der Waals surface area contributed by atoms with E-state index in [-0.39, 0.29) is 5.75 Å². The highest BCUT2D eigenvalue weighted by molar-refractivity contribution is 7.91. The third-order valence-corrected chi connectivity index (χ3v) is 5.85. The second-order valence-corrected chi connectivity index (χ2v) is 7.76. The van der Waals surface area contributed by atoms with Crippen LogP contribution in [0.3, 0.4) is 0 Å². The molecule has 112 valence electrons. The Labute approximate surface area is 122 Å². The second-order valence-electron chi connectivity index (χ2n) is 5.65. The average Bonchev–Trinajstić information content (AvgIpc) is 3.17. The fourth-order valence-electron chi connectivity index (χ4n) is 2.63. The number of hydrogen-bond acceptors (Lipinski definition) is 3. The lowest BCUT2D eigenvalue weighted by atomic mass is 9.95. The highest BCUT2D eigenvalue weighted by Crippen LogP contribution is 2.34. The molecule has 1 saturated heterocycles. The summed E-state index contributed by atoms with van der Waals surface area (Å²) >= 11 is 0. The van der Waals surface area contributed by atoms with Crippen molar-refractivity contribution in [2.45, 2.75) is 63.1 Å². The molecule has 1 aliphatic heterocycles. The summed E-state index contributed by atoms with van der Waals surface area (Å²) in [4.78, 5) is 0.451. The van der Waals surface area contributed by atoms with Crippen molar-refractivity contribution in [1.29, 1.82) is 0 Å². The molecule has 0 saturated carbocycles. The van der Waals surface area contributed by atoms with Gasteiger partial charge in [0.1, 0.15) is 0 Å². The molecule has 3 unspecified atom stereocenters. The van der Waals surface area contributed by atoms with E-state index in [1.165, 1.54) is 0 Å². The van der Waals surface area contributed by atoms with E-state index in [1.807, 2.05) is 25.1 Å². The number of ether oxygens (including phenoxy) is 1. The molecule has 3 nitrogen and oxygen atoms in total. The van der Waals surface area contributed by atoms with Gasteiger partial charge in [-0.3, -0.25) is 0 Å². The lowest BCUT2D eigenvalue weighted by Gasteiger charge is -2.12. The first-order valence-corrected chi connectivity index (χ1v) is 9.11. The lowest BCUT2D eigenvalue weighted by Crippen LogP contribution is -2.07. The van der Waals surface area contributed by atoms with Crippen LogP contribution in [-0.4, -0.2) is 26.4 Å². The molecule has 0 spiro atoms. The molecule has 1 heterocycles. The highest BCUT2D eigenvalue weighted by Gasteiger charge is 2.37. The molecule has 0 amide bonds. The van der Waals surface area contributed by atoms with E-state index >= 15 is 0 Å². The Morgan fingerprint density at radius 1 is 1.25 bits per heavy atom. The number of rotatable bonds is 7. The molecule has 0 radical (unpaired) electrons. The van der Waals surface area contributed by atoms with Gasteiger partial charge in [0.05, 0.1) is 22.9 Å². The Kier molecular flexibility index (Phi) is 4.86. The molecule has 1 fully saturated rings. The van der Waals surface area contributed by atoms with E-state index in [1.54, 1.807) is 6.07 Å². The van der Waals surface area contributed by atoms with Gasteiger partial charge in [-0.25, -0.2) is 8.42 Å². The van der Waals surface area contributed by atoms with E-state index in [0.29, 0.717) is 29.4 Å². The van der Waals surface area contributed by atoms with Gasteiger partial charge in [-0.1, -0.05) is 32.9 Å². The van der Waals surface area contributed by atoms with Crippen molar-refractivity contribution in [1.82, 2.24) is 0 Å². The number of benzene rings is 1. The molecule has 20 heavy (non-hydrogen) atoms. The summed E-state index contributed by atoms with van der Waals surface area (Å²) in [7, 11) is -3.13. The normalized spacial score (nSPS) is 23.6. The van der Waals surface area contributed by atoms with Crippen molar-refractivity contribution in [2.24, 2.45) is 0 Å². The maximum absolute atomic E-state index is 12.1. The Bertz CT molecular complexity index is 551. The third-order valence-electron chi connectivity index (χ3n) is 3.93. The third kappa shape index (κ3) is 3.61. The van der Waals surface area contributed by atoms with Crippen molar-refractivity contribution in [3.63, 3.8) is 0 Å². The molecule has 1 aromatic rings. The van der Waals surface area contributed by atoms with Crippen molar-refractivity contribution in [2.75, 3.05) is 5.75 Å². The van der Waals surface area contributed by atoms with E-state index in [2.05, 4.69) is 13.8 Å². The molecule has 4 heteroatoms. The van der Waals surface area contributed by atoms with Gasteiger partial charge < -0.3 is 4.74 Å². The summed E-state index contributed by atoms with van der Waals surface area (Å²) in [6.45, 7) is 6.16. The van der Waals surface area contributed by atoms with Gasteiger partial charge >= 0.3 is 0 Å². The summed E-state index contributed by atoms with van der Waals surface area (Å²) in [5, 5.41) is 0. The molecule has 1 aliphatic rings. The first-order valence-electron chi connectivity index (χ1n) is 7.46. The first kappa shape index (κ1) is 15.5. The SMILES string of the molecule is CCCS(=O)(=O)c1cccc(C(C)CC2OC2CC)c1. The predicted molar refractivity (Wildman–Crippen MR) is 80.8 cm³/mol. The molecule has 3 atom stereocenters. The second kappa shape index (κ2) is 6.27. The van der Waals surface area contributed by atoms with Gasteiger partial charge in [0, 0.05) is 0 Å². The molecule has 1 aromatic carbocycles. The zero-order valence-electron chi connectivity index (χ0n) is 12.5. The van der Waals surface area contributed by atoms with Gasteiger partial charge in [-0.15, -0.1) is 0 Å². The highest BCUT2D eigenvalue weighted by atomic mass is 32.2. The quantitative estimate of drug-likeness (QED) is 0.723. The van der Waals surface area contributed by atoms with Gasteiger partial charge in [0.25, 0.3) is 0 Å². The van der Waals surface area contributed by atoms with Crippen LogP contribution in [0.25, 0.3) is 0 Å². The van der Waals surface area contributed by atoms with Crippen LogP contribution in [0.4, 0.5) is 0 Å². The fourth-order valence-corrected chi connectivity index (χ4v) is 4.01. The minimum absolute atomic E-state index is 0.217. The zero-order valence-corrected chi connectivity index (χ0v) is 13.3. The summed E-state index contributed by atoms with van der Waals surface area (Å²) in [5.41, 5.74) is 1.09. The number of hydrogen-bond donors (Lipinski definition) is 0. The van der Waals surface area contributed by atoms with Gasteiger partial charge in [0.2, 0.25) is 0 Å². The van der Waals surface area contributed by atoms with Crippen molar-refractivity contribution in [3.05, 3.63) is 29.8 Å². The molecule has 0 N–H and O–H groups in total. The van der Waals surface area contributed by atoms with Crippen LogP contribution in [0.15, 0.2) is 29.2 Å². The average molecular weight is 296 g/mol. The molecule has 0 bridgehead atoms. The molecular formula is C16H24O3S. The van der Waals surface area contributed by atoms with Crippen LogP contribution < -0.4 is 0 Å². The first-order chi connectivity index (χ1) is 9.47. The topological polar surface area (TPSA) is 46.7 Å². The van der Waals surface area contributed by atoms with Gasteiger partial charge in [-0.05, 0) is 42.9 Å². The maximum Gasteiger partial charge on any atom is 0.178 e. The summed E-state index contributed by atoms with van der Waals surface area (Å²) in [6, 6.07) is 7.39. The number of epoxide rings is 1. The van der Waals surface area contributed by atoms with Crippen molar-refractivity contribution >= 4 is 9.84 Å². The molecule has 0 aromatic heterocycles. The van der Waals surface area contributed by atoms with Crippen LogP contribution in [0.2, 0.25) is 0 Å². The van der Waals surface area contributed by atoms with Crippen LogP contribution >= 0.6 is 0 Å². The van der Waals surface area contributed by atoms with Crippen LogP contribution in [0.5, 0.6) is 0 Å². The van der Waals surface area contributed by atoms with Crippen molar-refractivity contribution < 1.29 is 13.2 Å². The Morgan fingerprint density at radius 2 is 2.00 bits per heavy atom. The number of sulfone groups is 1. The summed E-state index contributed by atoms with van der Waals surface area (Å²) < 4.78 is 29.8. The Hall–Kier alpha value is -0.870. The minimum atomic E-state index is -3.13. The Balaban J connectivity index is 2.09. The Morgan fingerprint density at radius 3 is 2.60 bits per heavy atom. The smallest absolute Gasteiger partial charge is 0.178 e. The van der Waals surface area contributed by atoms with Crippen LogP contribution in [0.1, 0.15) is 51.5 Å². The zero-order chi connectivity index (χ0) is 14.8. The van der Waals surface area contributed by atoms with Crippen molar-refractivity contribution in [3.8, 4) is 0 Å². The van der Waals surface area contributed by atoms with Gasteiger partial charge in [0.15, 0.2) is 9.84 Å². The molecular weight excluding hydrogens is 272 g/mol. The van der Waals surface area contributed by atoms with Gasteiger partial charge in [-0.2, -0.15) is 0 Å². The van der Waals surface area contributed by atoms with Crippen LogP contribution in [-0.2, 0) is 14.6 Å². The van der Waals surface area contributed by atoms with Crippen LogP contribution in [0, 0.1) is 0 Å². The molecule has 0 aliphatic carbocycles. The van der Waals surface area contributed by atoms with E-state index in [4.69, 9.17) is 4.74 Å². The standard InChI is InChI=1S/C16H24O3S/c1-4-9-20(17,18)14-8-6-7-13(11-14)12(3)10-16-15(5-2)19-16/h6-8,11-12,15-16H,4-5,9-10H2,1-3H3. The maximum atomic E-state index is 12.1. The summed E-state index contributed by atoms with van der Waals surface area (Å²) in [5.74, 6) is 0.544. The van der Waals surface area contributed by atoms with E-state index in [0.717, 1.165) is 18.4 Å². The predicted octanol–water partition coefficient (Wildman–Crippen LogP) is 3.54. The lowest BCUT2D eigenvalue weighted by molar-refractivity contribution is 0.353. The van der Waals surface area contributed by atoms with E-state index < -0.39 is 9.84 Å². The molecule has 2 rings (SSSR count). The fraction of sp³-hybridized carbons (Fsp3) is 0.625. The minimum Gasteiger partial charge on any atom is -0.370 e. The largest absolute Gasteiger partial charge is 0.370 e. The van der Waals surface area contributed by atoms with E-state index in [9.17, 15) is 8.42 Å². The summed E-state index contributed by atoms with van der Waals surface area (Å²) in [6.07, 6.45) is 3.43.